The van der Waals surface area contributed by atoms with Gasteiger partial charge in [0, 0.05) is 12.0 Å². The van der Waals surface area contributed by atoms with Gasteiger partial charge in [-0.3, -0.25) is 4.48 Å². The lowest BCUT2D eigenvalue weighted by atomic mass is 9.90. The van der Waals surface area contributed by atoms with Gasteiger partial charge >= 0.3 is 12.1 Å². The molecule has 1 heterocycles. The Labute approximate surface area is 174 Å². The zero-order valence-corrected chi connectivity index (χ0v) is 17.4. The summed E-state index contributed by atoms with van der Waals surface area (Å²) in [6, 6.07) is 7.12. The number of quaternary nitrogens is 1. The van der Waals surface area contributed by atoms with E-state index < -0.39 is 18.4 Å². The summed E-state index contributed by atoms with van der Waals surface area (Å²) >= 11 is 0. The highest BCUT2D eigenvalue weighted by atomic mass is 19.4. The summed E-state index contributed by atoms with van der Waals surface area (Å²) in [6.45, 7) is 2.73. The standard InChI is InChI=1S/C23H27F3NO3/c1-16-7-9-18(10-8-16)22(2,29)14-21(28)27(3)12-11-17-13-19(5-4-6-20(17)27)30-15-23(24,25)26/h4-10,13,20,29H,11-12,14-15H2,1-3H3/q+1/t20?,22-,27?/m0/s1. The van der Waals surface area contributed by atoms with Crippen LogP contribution in [0.4, 0.5) is 13.2 Å². The second-order valence-electron chi connectivity index (χ2n) is 8.47. The van der Waals surface area contributed by atoms with E-state index in [1.54, 1.807) is 19.1 Å². The molecule has 2 unspecified atom stereocenters. The first kappa shape index (κ1) is 22.3. The molecule has 7 heteroatoms. The van der Waals surface area contributed by atoms with Crippen molar-refractivity contribution < 1.29 is 32.3 Å². The van der Waals surface area contributed by atoms with Crippen LogP contribution in [0.15, 0.2) is 59.9 Å². The molecule has 1 amide bonds. The summed E-state index contributed by atoms with van der Waals surface area (Å²) in [5.41, 5.74) is 1.27. The minimum Gasteiger partial charge on any atom is -0.484 e. The molecule has 0 bridgehead atoms. The minimum absolute atomic E-state index is 0.0603. The summed E-state index contributed by atoms with van der Waals surface area (Å²) in [4.78, 5) is 13.3. The molecule has 1 N–H and O–H groups in total. The van der Waals surface area contributed by atoms with Crippen LogP contribution in [0.5, 0.6) is 0 Å². The Morgan fingerprint density at radius 1 is 1.27 bits per heavy atom. The summed E-state index contributed by atoms with van der Waals surface area (Å²) in [6.07, 6.45) is 2.63. The Morgan fingerprint density at radius 3 is 2.57 bits per heavy atom. The van der Waals surface area contributed by atoms with E-state index in [9.17, 15) is 23.1 Å². The van der Waals surface area contributed by atoms with Crippen molar-refractivity contribution in [2.75, 3.05) is 20.2 Å². The van der Waals surface area contributed by atoms with Gasteiger partial charge < -0.3 is 9.84 Å². The number of hydrogen-bond donors (Lipinski definition) is 1. The van der Waals surface area contributed by atoms with Crippen LogP contribution in [-0.4, -0.2) is 47.9 Å². The molecule has 1 fully saturated rings. The Morgan fingerprint density at radius 2 is 1.93 bits per heavy atom. The topological polar surface area (TPSA) is 46.5 Å². The number of carbonyl (C=O) groups excluding carboxylic acids is 1. The normalized spacial score (nSPS) is 25.6. The number of hydrogen-bond acceptors (Lipinski definition) is 3. The average molecular weight is 422 g/mol. The zero-order valence-electron chi connectivity index (χ0n) is 17.4. The molecule has 2 aliphatic rings. The maximum absolute atomic E-state index is 13.3. The number of nitrogens with zero attached hydrogens (tertiary/aromatic N) is 1. The molecule has 4 nitrogen and oxygen atoms in total. The molecule has 1 aromatic rings. The van der Waals surface area contributed by atoms with Crippen LogP contribution in [0.3, 0.4) is 0 Å². The Balaban J connectivity index is 1.76. The van der Waals surface area contributed by atoms with E-state index in [2.05, 4.69) is 0 Å². The number of alkyl halides is 3. The molecular weight excluding hydrogens is 395 g/mol. The molecule has 3 atom stereocenters. The number of aliphatic hydroxyl groups is 1. The van der Waals surface area contributed by atoms with Crippen LogP contribution in [0.2, 0.25) is 0 Å². The maximum Gasteiger partial charge on any atom is 0.422 e. The maximum atomic E-state index is 13.3. The summed E-state index contributed by atoms with van der Waals surface area (Å²) < 4.78 is 42.3. The first-order valence-corrected chi connectivity index (χ1v) is 9.87. The molecule has 0 aromatic heterocycles. The van der Waals surface area contributed by atoms with E-state index in [-0.39, 0.29) is 28.6 Å². The number of rotatable bonds is 5. The molecule has 1 saturated heterocycles. The van der Waals surface area contributed by atoms with E-state index in [0.29, 0.717) is 18.5 Å². The number of fused-ring (bicyclic) bond motifs is 1. The number of amides is 1. The van der Waals surface area contributed by atoms with E-state index in [1.165, 1.54) is 6.08 Å². The predicted molar refractivity (Wildman–Crippen MR) is 107 cm³/mol. The van der Waals surface area contributed by atoms with E-state index in [0.717, 1.165) is 11.1 Å². The quantitative estimate of drug-likeness (QED) is 0.720. The van der Waals surface area contributed by atoms with Gasteiger partial charge in [-0.15, -0.1) is 0 Å². The molecule has 0 saturated carbocycles. The zero-order chi connectivity index (χ0) is 22.2. The summed E-state index contributed by atoms with van der Waals surface area (Å²) in [7, 11) is 1.81. The third-order valence-corrected chi connectivity index (χ3v) is 5.88. The number of ether oxygens (including phenoxy) is 1. The fraction of sp³-hybridized carbons (Fsp3) is 0.435. The highest BCUT2D eigenvalue weighted by molar-refractivity contribution is 5.72. The van der Waals surface area contributed by atoms with Gasteiger partial charge in [-0.1, -0.05) is 35.9 Å². The Hall–Kier alpha value is -2.38. The van der Waals surface area contributed by atoms with Gasteiger partial charge in [0.2, 0.25) is 0 Å². The number of allylic oxidation sites excluding steroid dienone is 3. The van der Waals surface area contributed by atoms with Crippen molar-refractivity contribution in [2.24, 2.45) is 0 Å². The largest absolute Gasteiger partial charge is 0.484 e. The second-order valence-corrected chi connectivity index (χ2v) is 8.47. The number of halogens is 3. The SMILES string of the molecule is Cc1ccc([C@@](C)(O)CC(=O)[N+]2(C)CCC3=CC(OCC(F)(F)F)=CC=CC32)cc1. The van der Waals surface area contributed by atoms with Gasteiger partial charge in [-0.2, -0.15) is 13.2 Å². The molecule has 1 aliphatic heterocycles. The first-order chi connectivity index (χ1) is 13.9. The molecule has 0 radical (unpaired) electrons. The molecule has 162 valence electrons. The van der Waals surface area contributed by atoms with Gasteiger partial charge in [-0.05, 0) is 37.6 Å². The van der Waals surface area contributed by atoms with Crippen molar-refractivity contribution in [1.82, 2.24) is 0 Å². The van der Waals surface area contributed by atoms with Crippen LogP contribution >= 0.6 is 0 Å². The molecule has 1 aliphatic carbocycles. The number of aryl methyl sites for hydroxylation is 1. The molecular formula is C23H27F3NO3+. The van der Waals surface area contributed by atoms with E-state index in [4.69, 9.17) is 4.74 Å². The summed E-state index contributed by atoms with van der Waals surface area (Å²) in [5.74, 6) is 0.00640. The summed E-state index contributed by atoms with van der Waals surface area (Å²) in [5, 5.41) is 11.0. The number of carbonyl (C=O) groups is 1. The minimum atomic E-state index is -4.41. The van der Waals surface area contributed by atoms with Crippen LogP contribution < -0.4 is 0 Å². The number of likely N-dealkylation sites (tertiary alicyclic amines) is 1. The van der Waals surface area contributed by atoms with Gasteiger partial charge in [0.15, 0.2) is 6.61 Å². The number of benzene rings is 1. The smallest absolute Gasteiger partial charge is 0.422 e. The average Bonchev–Trinajstić information content (AvgIpc) is 2.84. The third-order valence-electron chi connectivity index (χ3n) is 5.88. The van der Waals surface area contributed by atoms with Crippen molar-refractivity contribution in [3.05, 3.63) is 71.0 Å². The predicted octanol–water partition coefficient (Wildman–Crippen LogP) is 4.30. The van der Waals surface area contributed by atoms with Gasteiger partial charge in [-0.25, -0.2) is 4.79 Å². The van der Waals surface area contributed by atoms with Gasteiger partial charge in [0.1, 0.15) is 11.8 Å². The molecule has 30 heavy (non-hydrogen) atoms. The van der Waals surface area contributed by atoms with Crippen molar-refractivity contribution in [1.29, 1.82) is 0 Å². The van der Waals surface area contributed by atoms with Crippen LogP contribution in [0, 0.1) is 6.92 Å². The van der Waals surface area contributed by atoms with E-state index >= 15 is 0 Å². The Kier molecular flexibility index (Phi) is 5.98. The Bertz CT molecular complexity index is 897. The third kappa shape index (κ3) is 4.84. The fourth-order valence-electron chi connectivity index (χ4n) is 4.00. The lowest BCUT2D eigenvalue weighted by molar-refractivity contribution is -0.837. The van der Waals surface area contributed by atoms with Gasteiger partial charge in [0.05, 0.1) is 25.6 Å². The first-order valence-electron chi connectivity index (χ1n) is 9.87. The lowest BCUT2D eigenvalue weighted by Crippen LogP contribution is -2.54. The monoisotopic (exact) mass is 422 g/mol. The van der Waals surface area contributed by atoms with Crippen molar-refractivity contribution in [3.63, 3.8) is 0 Å². The van der Waals surface area contributed by atoms with Crippen LogP contribution in [-0.2, 0) is 15.1 Å². The highest BCUT2D eigenvalue weighted by Gasteiger charge is 2.48. The van der Waals surface area contributed by atoms with Crippen LogP contribution in [0.25, 0.3) is 0 Å². The van der Waals surface area contributed by atoms with Crippen LogP contribution in [0.1, 0.15) is 30.9 Å². The lowest BCUT2D eigenvalue weighted by Gasteiger charge is -2.34. The molecule has 1 aromatic carbocycles. The van der Waals surface area contributed by atoms with Gasteiger partial charge in [0.25, 0.3) is 0 Å². The fourth-order valence-corrected chi connectivity index (χ4v) is 4.00. The van der Waals surface area contributed by atoms with Crippen molar-refractivity contribution in [3.8, 4) is 0 Å². The van der Waals surface area contributed by atoms with Crippen molar-refractivity contribution in [2.45, 2.75) is 44.5 Å². The van der Waals surface area contributed by atoms with Crippen molar-refractivity contribution >= 4 is 5.91 Å². The second kappa shape index (κ2) is 8.04. The van der Waals surface area contributed by atoms with E-state index in [1.807, 2.05) is 44.3 Å². The highest BCUT2D eigenvalue weighted by Crippen LogP contribution is 2.37. The number of likely N-dealkylation sites (N-methyl/N-ethyl adjacent to an activating group) is 1. The molecule has 0 spiro atoms. The molecule has 3 rings (SSSR count).